The van der Waals surface area contributed by atoms with Gasteiger partial charge in [-0.2, -0.15) is 4.99 Å². The number of urea groups is 1. The predicted molar refractivity (Wildman–Crippen MR) is 79.4 cm³/mol. The first-order valence-electron chi connectivity index (χ1n) is 6.42. The highest BCUT2D eigenvalue weighted by molar-refractivity contribution is 5.99. The Bertz CT molecular complexity index is 478. The van der Waals surface area contributed by atoms with E-state index < -0.39 is 6.03 Å². The molecule has 5 nitrogen and oxygen atoms in total. The zero-order chi connectivity index (χ0) is 14.4. The summed E-state index contributed by atoms with van der Waals surface area (Å²) >= 11 is 0. The number of rotatable bonds is 4. The molecule has 2 amide bonds. The van der Waals surface area contributed by atoms with Gasteiger partial charge in [-0.25, -0.2) is 4.79 Å². The van der Waals surface area contributed by atoms with Crippen molar-refractivity contribution in [2.75, 3.05) is 11.9 Å². The molecule has 0 atom stereocenters. The maximum absolute atomic E-state index is 11.7. The van der Waals surface area contributed by atoms with Crippen LogP contribution in [0, 0.1) is 6.92 Å². The van der Waals surface area contributed by atoms with Crippen LogP contribution in [-0.4, -0.2) is 19.0 Å². The highest BCUT2D eigenvalue weighted by Crippen LogP contribution is 2.21. The molecule has 5 heteroatoms. The summed E-state index contributed by atoms with van der Waals surface area (Å²) in [5.74, 6) is -0.228. The largest absolute Gasteiger partial charge is 0.370 e. The van der Waals surface area contributed by atoms with Crippen molar-refractivity contribution in [2.24, 2.45) is 16.5 Å². The molecule has 0 aliphatic heterocycles. The van der Waals surface area contributed by atoms with Gasteiger partial charge >= 0.3 is 6.03 Å². The van der Waals surface area contributed by atoms with E-state index in [0.717, 1.165) is 17.7 Å². The summed E-state index contributed by atoms with van der Waals surface area (Å²) in [6.45, 7) is 4.15. The van der Waals surface area contributed by atoms with E-state index in [-0.39, 0.29) is 5.96 Å². The number of nitrogens with two attached hydrogens (primary N) is 2. The Kier molecular flexibility index (Phi) is 5.36. The van der Waals surface area contributed by atoms with E-state index in [2.05, 4.69) is 18.0 Å². The van der Waals surface area contributed by atoms with Gasteiger partial charge in [0.05, 0.1) is 0 Å². The van der Waals surface area contributed by atoms with Crippen molar-refractivity contribution < 1.29 is 4.79 Å². The van der Waals surface area contributed by atoms with Crippen LogP contribution in [0.3, 0.4) is 0 Å². The zero-order valence-electron chi connectivity index (χ0n) is 11.8. The zero-order valence-corrected chi connectivity index (χ0v) is 11.8. The first kappa shape index (κ1) is 15.0. The molecule has 104 valence electrons. The lowest BCUT2D eigenvalue weighted by molar-refractivity contribution is 0.255. The van der Waals surface area contributed by atoms with Crippen LogP contribution < -0.4 is 16.4 Å². The smallest absolute Gasteiger partial charge is 0.350 e. The second kappa shape index (κ2) is 6.78. The summed E-state index contributed by atoms with van der Waals surface area (Å²) in [4.78, 5) is 16.7. The lowest BCUT2D eigenvalue weighted by Gasteiger charge is -2.18. The number of aliphatic imine (C=N–C) groups is 1. The minimum Gasteiger partial charge on any atom is -0.370 e. The number of guanidine groups is 1. The van der Waals surface area contributed by atoms with Gasteiger partial charge in [-0.3, -0.25) is 4.90 Å². The number of unbranched alkanes of at least 4 members (excludes halogenated alkanes) is 1. The molecule has 0 unspecified atom stereocenters. The molecule has 0 spiro atoms. The first-order chi connectivity index (χ1) is 8.95. The van der Waals surface area contributed by atoms with Crippen molar-refractivity contribution in [3.8, 4) is 0 Å². The second-order valence-electron chi connectivity index (χ2n) is 4.60. The molecule has 1 aromatic rings. The fraction of sp³-hybridized carbons (Fsp3) is 0.429. The van der Waals surface area contributed by atoms with E-state index >= 15 is 0 Å². The van der Waals surface area contributed by atoms with E-state index in [0.29, 0.717) is 0 Å². The van der Waals surface area contributed by atoms with Gasteiger partial charge in [0.2, 0.25) is 0 Å². The van der Waals surface area contributed by atoms with Gasteiger partial charge in [-0.1, -0.05) is 25.5 Å². The third kappa shape index (κ3) is 4.28. The Labute approximate surface area is 114 Å². The lowest BCUT2D eigenvalue weighted by Crippen LogP contribution is -2.30. The molecular weight excluding hydrogens is 240 g/mol. The molecule has 0 aliphatic rings. The van der Waals surface area contributed by atoms with E-state index in [9.17, 15) is 4.79 Å². The van der Waals surface area contributed by atoms with E-state index in [1.165, 1.54) is 23.3 Å². The number of aryl methyl sites for hydroxylation is 2. The summed E-state index contributed by atoms with van der Waals surface area (Å²) in [5.41, 5.74) is 13.5. The first-order valence-corrected chi connectivity index (χ1v) is 6.42. The van der Waals surface area contributed by atoms with E-state index in [4.69, 9.17) is 11.5 Å². The van der Waals surface area contributed by atoms with Crippen LogP contribution in [0.15, 0.2) is 23.2 Å². The second-order valence-corrected chi connectivity index (χ2v) is 4.60. The van der Waals surface area contributed by atoms with Gasteiger partial charge in [0, 0.05) is 12.7 Å². The van der Waals surface area contributed by atoms with Gasteiger partial charge < -0.3 is 11.5 Å². The van der Waals surface area contributed by atoms with Crippen LogP contribution in [0.1, 0.15) is 30.9 Å². The SMILES string of the molecule is CCCCc1ccc(N(C)C(=O)N=C(N)N)c(C)c1. The summed E-state index contributed by atoms with van der Waals surface area (Å²) in [7, 11) is 1.66. The molecule has 0 fully saturated rings. The molecule has 4 N–H and O–H groups in total. The average molecular weight is 262 g/mol. The maximum atomic E-state index is 11.7. The molecule has 0 heterocycles. The van der Waals surface area contributed by atoms with Gasteiger partial charge in [-0.15, -0.1) is 0 Å². The van der Waals surface area contributed by atoms with Crippen LogP contribution in [0.2, 0.25) is 0 Å². The molecule has 0 aliphatic carbocycles. The van der Waals surface area contributed by atoms with Crippen LogP contribution >= 0.6 is 0 Å². The predicted octanol–water partition coefficient (Wildman–Crippen LogP) is 2.17. The minimum atomic E-state index is -0.468. The number of carbonyl (C=O) groups excluding carboxylic acids is 1. The number of anilines is 1. The fourth-order valence-electron chi connectivity index (χ4n) is 1.92. The van der Waals surface area contributed by atoms with Gasteiger partial charge in [-0.05, 0) is 37.0 Å². The molecule has 0 saturated heterocycles. The maximum Gasteiger partial charge on any atom is 0.350 e. The Morgan fingerprint density at radius 2 is 2.05 bits per heavy atom. The van der Waals surface area contributed by atoms with Gasteiger partial charge in [0.25, 0.3) is 0 Å². The molecule has 1 aromatic carbocycles. The summed E-state index contributed by atoms with van der Waals surface area (Å²) in [6.07, 6.45) is 3.40. The van der Waals surface area contributed by atoms with Crippen LogP contribution in [0.25, 0.3) is 0 Å². The number of hydrogen-bond acceptors (Lipinski definition) is 1. The number of benzene rings is 1. The van der Waals surface area contributed by atoms with Crippen molar-refractivity contribution in [3.05, 3.63) is 29.3 Å². The van der Waals surface area contributed by atoms with Crippen molar-refractivity contribution in [1.29, 1.82) is 0 Å². The van der Waals surface area contributed by atoms with Crippen molar-refractivity contribution in [1.82, 2.24) is 0 Å². The van der Waals surface area contributed by atoms with Gasteiger partial charge in [0.1, 0.15) is 0 Å². The van der Waals surface area contributed by atoms with E-state index in [1.807, 2.05) is 19.1 Å². The quantitative estimate of drug-likeness (QED) is 0.644. The molecule has 0 saturated carbocycles. The van der Waals surface area contributed by atoms with Crippen molar-refractivity contribution >= 4 is 17.7 Å². The average Bonchev–Trinajstić information content (AvgIpc) is 2.34. The monoisotopic (exact) mass is 262 g/mol. The summed E-state index contributed by atoms with van der Waals surface area (Å²) in [5, 5.41) is 0. The van der Waals surface area contributed by atoms with E-state index in [1.54, 1.807) is 7.05 Å². The Hall–Kier alpha value is -2.04. The number of hydrogen-bond donors (Lipinski definition) is 2. The standard InChI is InChI=1S/C14H22N4O/c1-4-5-6-11-7-8-12(10(2)9-11)18(3)14(19)17-13(15)16/h7-9H,4-6H2,1-3H3,(H4,15,16,17,19). The Balaban J connectivity index is 2.90. The molecule has 0 aromatic heterocycles. The molecular formula is C14H22N4O. The third-order valence-electron chi connectivity index (χ3n) is 2.95. The van der Waals surface area contributed by atoms with Crippen molar-refractivity contribution in [3.63, 3.8) is 0 Å². The third-order valence-corrected chi connectivity index (χ3v) is 2.95. The van der Waals surface area contributed by atoms with Crippen LogP contribution in [-0.2, 0) is 6.42 Å². The fourth-order valence-corrected chi connectivity index (χ4v) is 1.92. The number of carbonyl (C=O) groups is 1. The summed E-state index contributed by atoms with van der Waals surface area (Å²) < 4.78 is 0. The summed E-state index contributed by atoms with van der Waals surface area (Å²) in [6, 6.07) is 5.60. The number of nitrogens with zero attached hydrogens (tertiary/aromatic N) is 2. The molecule has 19 heavy (non-hydrogen) atoms. The molecule has 1 rings (SSSR count). The Morgan fingerprint density at radius 3 is 2.58 bits per heavy atom. The highest BCUT2D eigenvalue weighted by atomic mass is 16.2. The highest BCUT2D eigenvalue weighted by Gasteiger charge is 2.12. The molecule has 0 radical (unpaired) electrons. The van der Waals surface area contributed by atoms with Gasteiger partial charge in [0.15, 0.2) is 5.96 Å². The lowest BCUT2D eigenvalue weighted by atomic mass is 10.0. The number of amides is 2. The molecule has 0 bridgehead atoms. The van der Waals surface area contributed by atoms with Crippen LogP contribution in [0.4, 0.5) is 10.5 Å². The van der Waals surface area contributed by atoms with Crippen molar-refractivity contribution in [2.45, 2.75) is 33.1 Å². The van der Waals surface area contributed by atoms with Crippen LogP contribution in [0.5, 0.6) is 0 Å². The normalized spacial score (nSPS) is 10.1. The topological polar surface area (TPSA) is 84.7 Å². The minimum absolute atomic E-state index is 0.228. The Morgan fingerprint density at radius 1 is 1.37 bits per heavy atom.